The fourth-order valence-corrected chi connectivity index (χ4v) is 4.70. The van der Waals surface area contributed by atoms with Crippen LogP contribution in [0.1, 0.15) is 47.8 Å². The van der Waals surface area contributed by atoms with Crippen molar-refractivity contribution < 1.29 is 32.7 Å². The Kier molecular flexibility index (Phi) is 5.40. The van der Waals surface area contributed by atoms with Crippen LogP contribution in [0.15, 0.2) is 48.5 Å². The van der Waals surface area contributed by atoms with Crippen LogP contribution in [0, 0.1) is 13.0 Å². The number of likely N-dealkylation sites (N-methyl/N-ethyl adjacent to an activating group) is 1. The Morgan fingerprint density at radius 2 is 1.65 bits per heavy atom. The van der Waals surface area contributed by atoms with Crippen molar-refractivity contribution in [3.63, 3.8) is 0 Å². The summed E-state index contributed by atoms with van der Waals surface area (Å²) in [7, 11) is 2.33. The van der Waals surface area contributed by atoms with E-state index in [1.54, 1.807) is 0 Å². The predicted molar refractivity (Wildman–Crippen MR) is 91.1 cm³/mol. The molecular formula is C21H24NY+2. The molecule has 2 aromatic carbocycles. The minimum absolute atomic E-state index is 0. The van der Waals surface area contributed by atoms with Crippen LogP contribution in [0.25, 0.3) is 0 Å². The first-order valence-electron chi connectivity index (χ1n) is 8.48. The zero-order valence-electron chi connectivity index (χ0n) is 14.1. The second kappa shape index (κ2) is 7.17. The van der Waals surface area contributed by atoms with Crippen LogP contribution in [0.5, 0.6) is 0 Å². The van der Waals surface area contributed by atoms with Crippen LogP contribution >= 0.6 is 0 Å². The summed E-state index contributed by atoms with van der Waals surface area (Å²) in [6.07, 6.45) is 3.99. The van der Waals surface area contributed by atoms with Crippen LogP contribution in [0.3, 0.4) is 0 Å². The molecule has 2 heteroatoms. The maximum atomic E-state index is 3.17. The Labute approximate surface area is 165 Å². The van der Waals surface area contributed by atoms with Crippen LogP contribution in [-0.2, 0) is 32.7 Å². The van der Waals surface area contributed by atoms with E-state index in [0.29, 0.717) is 17.9 Å². The number of piperidine rings is 1. The molecule has 0 spiro atoms. The van der Waals surface area contributed by atoms with E-state index in [9.17, 15) is 0 Å². The van der Waals surface area contributed by atoms with Gasteiger partial charge < -0.3 is 0 Å². The summed E-state index contributed by atoms with van der Waals surface area (Å²) in [5, 5.41) is 0. The molecule has 0 N–H and O–H groups in total. The molecular weight excluding hydrogens is 355 g/mol. The maximum absolute atomic E-state index is 3.17. The molecule has 2 aromatic rings. The summed E-state index contributed by atoms with van der Waals surface area (Å²) in [5.41, 5.74) is 4.36. The van der Waals surface area contributed by atoms with Crippen molar-refractivity contribution in [3.05, 3.63) is 71.3 Å². The first-order chi connectivity index (χ1) is 10.7. The molecule has 23 heavy (non-hydrogen) atoms. The molecule has 0 radical (unpaired) electrons. The summed E-state index contributed by atoms with van der Waals surface area (Å²) in [6.45, 7) is 2.17. The third-order valence-corrected chi connectivity index (χ3v) is 5.90. The van der Waals surface area contributed by atoms with E-state index in [-0.39, 0.29) is 32.7 Å². The minimum Gasteiger partial charge on any atom is -0.300 e. The van der Waals surface area contributed by atoms with Gasteiger partial charge in [-0.1, -0.05) is 29.8 Å². The Hall–Kier alpha value is -0.496. The van der Waals surface area contributed by atoms with Gasteiger partial charge >= 0.3 is 32.7 Å². The molecule has 2 saturated heterocycles. The van der Waals surface area contributed by atoms with Crippen molar-refractivity contribution in [2.75, 3.05) is 7.05 Å². The molecule has 0 aromatic heterocycles. The number of fused-ring (bicyclic) bond motifs is 2. The average molecular weight is 379 g/mol. The molecule has 0 saturated carbocycles. The van der Waals surface area contributed by atoms with E-state index >= 15 is 0 Å². The van der Waals surface area contributed by atoms with Gasteiger partial charge in [-0.05, 0) is 50.6 Å². The maximum Gasteiger partial charge on any atom is 3.00 e. The summed E-state index contributed by atoms with van der Waals surface area (Å²) in [6, 6.07) is 22.6. The van der Waals surface area contributed by atoms with Crippen LogP contribution in [0.4, 0.5) is 0 Å². The number of rotatable bonds is 2. The van der Waals surface area contributed by atoms with Crippen molar-refractivity contribution in [1.82, 2.24) is 4.90 Å². The Balaban J connectivity index is 0.00000156. The van der Waals surface area contributed by atoms with E-state index in [0.717, 1.165) is 6.04 Å². The van der Waals surface area contributed by atoms with Gasteiger partial charge in [-0.25, -0.2) is 0 Å². The molecule has 4 rings (SSSR count). The fourth-order valence-electron chi connectivity index (χ4n) is 4.70. The minimum atomic E-state index is 0. The zero-order valence-corrected chi connectivity index (χ0v) is 16.9. The van der Waals surface area contributed by atoms with Crippen LogP contribution in [0.2, 0.25) is 0 Å². The van der Waals surface area contributed by atoms with Gasteiger partial charge in [-0.15, -0.1) is 0 Å². The standard InChI is InChI=1S/C21H24N.Y/c1-15-8-10-16(11-9-15)19-14-18-12-13-20(22(18)2)21(19)17-6-4-3-5-7-17;/h4-11,18-21H,12-14H2,1-2H3;/q-1;+3. The van der Waals surface area contributed by atoms with Gasteiger partial charge in [0.05, 0.1) is 0 Å². The molecule has 2 heterocycles. The van der Waals surface area contributed by atoms with Crippen molar-refractivity contribution >= 4 is 0 Å². The molecule has 4 atom stereocenters. The molecule has 2 aliphatic rings. The Morgan fingerprint density at radius 3 is 2.35 bits per heavy atom. The smallest absolute Gasteiger partial charge is 0.300 e. The molecule has 1 nitrogen and oxygen atoms in total. The number of hydrogen-bond donors (Lipinski definition) is 0. The van der Waals surface area contributed by atoms with Crippen molar-refractivity contribution in [2.45, 2.75) is 50.1 Å². The third kappa shape index (κ3) is 3.21. The van der Waals surface area contributed by atoms with Crippen molar-refractivity contribution in [1.29, 1.82) is 0 Å². The summed E-state index contributed by atoms with van der Waals surface area (Å²) in [5.74, 6) is 1.26. The fraction of sp³-hybridized carbons (Fsp3) is 0.429. The second-order valence-corrected chi connectivity index (χ2v) is 7.08. The van der Waals surface area contributed by atoms with E-state index in [1.807, 2.05) is 0 Å². The van der Waals surface area contributed by atoms with Gasteiger partial charge in [0.1, 0.15) is 0 Å². The SMILES string of the molecule is Cc1ccc(C2CC3CCC(C2c2cc[c-]cc2)N3C)cc1.[Y+3]. The number of nitrogens with zero attached hydrogens (tertiary/aromatic N) is 1. The molecule has 4 unspecified atom stereocenters. The van der Waals surface area contributed by atoms with Gasteiger partial charge in [0.15, 0.2) is 0 Å². The van der Waals surface area contributed by atoms with E-state index < -0.39 is 0 Å². The number of hydrogen-bond acceptors (Lipinski definition) is 1. The Bertz CT molecular complexity index is 637. The first-order valence-corrected chi connectivity index (χ1v) is 8.48. The quantitative estimate of drug-likeness (QED) is 0.694. The predicted octanol–water partition coefficient (Wildman–Crippen LogP) is 4.53. The van der Waals surface area contributed by atoms with E-state index in [4.69, 9.17) is 0 Å². The molecule has 2 bridgehead atoms. The molecule has 0 amide bonds. The Morgan fingerprint density at radius 1 is 0.957 bits per heavy atom. The number of aryl methyl sites for hydroxylation is 1. The average Bonchev–Trinajstić information content (AvgIpc) is 2.79. The van der Waals surface area contributed by atoms with Gasteiger partial charge in [0, 0.05) is 12.1 Å². The van der Waals surface area contributed by atoms with Gasteiger partial charge in [-0.3, -0.25) is 4.90 Å². The molecule has 2 aliphatic heterocycles. The topological polar surface area (TPSA) is 3.24 Å². The van der Waals surface area contributed by atoms with Gasteiger partial charge in [0.25, 0.3) is 0 Å². The van der Waals surface area contributed by atoms with Crippen LogP contribution < -0.4 is 0 Å². The normalized spacial score (nSPS) is 30.0. The van der Waals surface area contributed by atoms with Crippen molar-refractivity contribution in [3.8, 4) is 0 Å². The second-order valence-electron chi connectivity index (χ2n) is 7.08. The van der Waals surface area contributed by atoms with E-state index in [2.05, 4.69) is 73.5 Å². The molecule has 2 fully saturated rings. The first kappa shape index (κ1) is 17.3. The van der Waals surface area contributed by atoms with E-state index in [1.165, 1.54) is 36.0 Å². The molecule has 114 valence electrons. The van der Waals surface area contributed by atoms with Crippen molar-refractivity contribution in [2.24, 2.45) is 0 Å². The third-order valence-electron chi connectivity index (χ3n) is 5.90. The largest absolute Gasteiger partial charge is 3.00 e. The van der Waals surface area contributed by atoms with Gasteiger partial charge in [-0.2, -0.15) is 35.9 Å². The molecule has 0 aliphatic carbocycles. The zero-order chi connectivity index (χ0) is 15.1. The van der Waals surface area contributed by atoms with Crippen LogP contribution in [-0.4, -0.2) is 24.0 Å². The summed E-state index contributed by atoms with van der Waals surface area (Å²) in [4.78, 5) is 2.64. The van der Waals surface area contributed by atoms with Gasteiger partial charge in [0.2, 0.25) is 0 Å². The number of benzene rings is 2. The summed E-state index contributed by atoms with van der Waals surface area (Å²) < 4.78 is 0. The summed E-state index contributed by atoms with van der Waals surface area (Å²) >= 11 is 0. The monoisotopic (exact) mass is 379 g/mol.